The molecule has 12 nitrogen and oxygen atoms in total. The average molecular weight is 713 g/mol. The van der Waals surface area contributed by atoms with Gasteiger partial charge in [0.1, 0.15) is 24.3 Å². The molecule has 4 heterocycles. The second kappa shape index (κ2) is 16.8. The van der Waals surface area contributed by atoms with E-state index in [2.05, 4.69) is 45.7 Å². The van der Waals surface area contributed by atoms with Gasteiger partial charge in [-0.3, -0.25) is 4.90 Å². The minimum absolute atomic E-state index is 0.0151. The lowest BCUT2D eigenvalue weighted by Crippen LogP contribution is -2.50. The molecule has 0 aliphatic carbocycles. The monoisotopic (exact) mass is 712 g/mol. The van der Waals surface area contributed by atoms with Crippen molar-refractivity contribution in [3.63, 3.8) is 0 Å². The third-order valence-corrected chi connectivity index (χ3v) is 9.67. The first-order valence-corrected chi connectivity index (χ1v) is 18.1. The van der Waals surface area contributed by atoms with Gasteiger partial charge in [0, 0.05) is 38.6 Å². The van der Waals surface area contributed by atoms with Crippen molar-refractivity contribution in [2.45, 2.75) is 70.9 Å². The number of ether oxygens (including phenoxy) is 6. The van der Waals surface area contributed by atoms with Crippen molar-refractivity contribution in [2.75, 3.05) is 33.1 Å². The number of carbonyl (C=O) groups excluding carboxylic acids is 1. The molecule has 3 aliphatic rings. The number of aliphatic hydroxyl groups excluding tert-OH is 1. The number of imidazole rings is 1. The van der Waals surface area contributed by atoms with Crippen LogP contribution in [0, 0.1) is 11.8 Å². The quantitative estimate of drug-likeness (QED) is 0.161. The van der Waals surface area contributed by atoms with E-state index in [1.807, 2.05) is 66.9 Å². The van der Waals surface area contributed by atoms with Crippen molar-refractivity contribution in [3.8, 4) is 17.2 Å². The summed E-state index contributed by atoms with van der Waals surface area (Å²) in [6, 6.07) is 23.3. The normalized spacial score (nSPS) is 20.2. The number of fused-ring (bicyclic) bond motifs is 2. The molecule has 2 N–H and O–H groups in total. The fourth-order valence-electron chi connectivity index (χ4n) is 7.09. The number of nitrogens with zero attached hydrogens (tertiary/aromatic N) is 3. The molecule has 0 bridgehead atoms. The van der Waals surface area contributed by atoms with Crippen LogP contribution in [0.25, 0.3) is 0 Å². The van der Waals surface area contributed by atoms with E-state index >= 15 is 0 Å². The molecular weight excluding hydrogens is 664 g/mol. The SMILES string of the molecule is CC(C)CN(Cc1ccc2c(c1)OCO2)C[C@@H](O)[C@H](Cc1ccc(OCc2nccn2Cc2ccccc2)cc1)NC(=O)O[C@H]1CO[C@H]2OCC[C@H]21. The van der Waals surface area contributed by atoms with Gasteiger partial charge in [-0.05, 0) is 59.7 Å². The van der Waals surface area contributed by atoms with Crippen LogP contribution in [-0.4, -0.2) is 83.3 Å². The Labute approximate surface area is 304 Å². The van der Waals surface area contributed by atoms with Gasteiger partial charge >= 0.3 is 6.09 Å². The minimum atomic E-state index is -0.901. The number of hydrogen-bond acceptors (Lipinski definition) is 10. The lowest BCUT2D eigenvalue weighted by Gasteiger charge is -2.31. The van der Waals surface area contributed by atoms with Crippen LogP contribution in [0.5, 0.6) is 17.2 Å². The van der Waals surface area contributed by atoms with Crippen LogP contribution < -0.4 is 19.5 Å². The molecule has 0 spiro atoms. The van der Waals surface area contributed by atoms with Gasteiger partial charge < -0.3 is 43.4 Å². The van der Waals surface area contributed by atoms with Gasteiger partial charge in [-0.25, -0.2) is 9.78 Å². The Bertz CT molecular complexity index is 1750. The summed E-state index contributed by atoms with van der Waals surface area (Å²) in [5.41, 5.74) is 3.17. The highest BCUT2D eigenvalue weighted by molar-refractivity contribution is 5.68. The number of amides is 1. The van der Waals surface area contributed by atoms with Crippen LogP contribution in [0.15, 0.2) is 85.2 Å². The zero-order valence-corrected chi connectivity index (χ0v) is 29.8. The Kier molecular flexibility index (Phi) is 11.6. The Morgan fingerprint density at radius 1 is 1.00 bits per heavy atom. The van der Waals surface area contributed by atoms with E-state index < -0.39 is 24.3 Å². The largest absolute Gasteiger partial charge is 0.486 e. The van der Waals surface area contributed by atoms with Gasteiger partial charge in [-0.1, -0.05) is 62.4 Å². The molecule has 2 saturated heterocycles. The number of hydrogen-bond donors (Lipinski definition) is 2. The molecule has 4 aromatic rings. The summed E-state index contributed by atoms with van der Waals surface area (Å²) in [5.74, 6) is 3.35. The number of aromatic nitrogens is 2. The highest BCUT2D eigenvalue weighted by atomic mass is 16.7. The highest BCUT2D eigenvalue weighted by Crippen LogP contribution is 2.34. The molecule has 2 fully saturated rings. The smallest absolute Gasteiger partial charge is 0.407 e. The molecule has 12 heteroatoms. The molecular formula is C40H48N4O8. The van der Waals surface area contributed by atoms with Gasteiger partial charge in [-0.2, -0.15) is 0 Å². The Morgan fingerprint density at radius 2 is 1.81 bits per heavy atom. The third kappa shape index (κ3) is 9.23. The molecule has 276 valence electrons. The first-order valence-electron chi connectivity index (χ1n) is 18.1. The van der Waals surface area contributed by atoms with Crippen LogP contribution in [0.3, 0.4) is 0 Å². The lowest BCUT2D eigenvalue weighted by molar-refractivity contribution is -0.0907. The summed E-state index contributed by atoms with van der Waals surface area (Å²) in [6.07, 6.45) is 2.69. The molecule has 0 unspecified atom stereocenters. The van der Waals surface area contributed by atoms with Crippen LogP contribution in [0.4, 0.5) is 4.79 Å². The summed E-state index contributed by atoms with van der Waals surface area (Å²) in [5, 5.41) is 14.8. The van der Waals surface area contributed by atoms with Gasteiger partial charge in [0.15, 0.2) is 17.8 Å². The average Bonchev–Trinajstić information content (AvgIpc) is 3.95. The number of nitrogens with one attached hydrogen (secondary N) is 1. The Morgan fingerprint density at radius 3 is 2.63 bits per heavy atom. The maximum Gasteiger partial charge on any atom is 0.407 e. The minimum Gasteiger partial charge on any atom is -0.486 e. The van der Waals surface area contributed by atoms with E-state index in [0.717, 1.165) is 41.4 Å². The van der Waals surface area contributed by atoms with Crippen molar-refractivity contribution in [3.05, 3.63) is 108 Å². The van der Waals surface area contributed by atoms with Crippen LogP contribution >= 0.6 is 0 Å². The van der Waals surface area contributed by atoms with E-state index in [1.165, 1.54) is 5.56 Å². The fraction of sp³-hybridized carbons (Fsp3) is 0.450. The number of aliphatic hydroxyl groups is 1. The lowest BCUT2D eigenvalue weighted by atomic mass is 10.00. The highest BCUT2D eigenvalue weighted by Gasteiger charge is 2.44. The molecule has 5 atom stereocenters. The number of alkyl carbamates (subject to hydrolysis) is 1. The maximum absolute atomic E-state index is 13.3. The van der Waals surface area contributed by atoms with E-state index in [0.29, 0.717) is 57.5 Å². The molecule has 1 aromatic heterocycles. The molecule has 0 radical (unpaired) electrons. The van der Waals surface area contributed by atoms with Crippen LogP contribution in [0.1, 0.15) is 42.8 Å². The van der Waals surface area contributed by atoms with Crippen molar-refractivity contribution in [1.82, 2.24) is 19.8 Å². The van der Waals surface area contributed by atoms with Crippen molar-refractivity contribution in [2.24, 2.45) is 11.8 Å². The van der Waals surface area contributed by atoms with E-state index in [-0.39, 0.29) is 19.0 Å². The fourth-order valence-corrected chi connectivity index (χ4v) is 7.09. The Balaban J connectivity index is 1.01. The standard InChI is InChI=1S/C40H48N4O8/c1-27(2)20-43(21-30-10-13-35-36(19-30)51-26-50-35)23-34(45)33(42-40(46)52-37-24-49-39-32(37)14-17-47-39)18-28-8-11-31(12-9-28)48-25-38-41-15-16-44(38)22-29-6-4-3-5-7-29/h3-13,15-16,19,27,32-34,37,39,45H,14,17-18,20-26H2,1-2H3,(H,42,46)/t32-,33-,34+,37-,39+/m0/s1. The molecule has 0 saturated carbocycles. The van der Waals surface area contributed by atoms with Crippen LogP contribution in [-0.2, 0) is 40.3 Å². The van der Waals surface area contributed by atoms with Gasteiger partial charge in [0.2, 0.25) is 6.79 Å². The van der Waals surface area contributed by atoms with Crippen molar-refractivity contribution < 1.29 is 38.3 Å². The topological polar surface area (TPSA) is 126 Å². The van der Waals surface area contributed by atoms with Crippen molar-refractivity contribution >= 4 is 6.09 Å². The molecule has 3 aromatic carbocycles. The first-order chi connectivity index (χ1) is 25.4. The summed E-state index contributed by atoms with van der Waals surface area (Å²) in [6.45, 7) is 8.11. The summed E-state index contributed by atoms with van der Waals surface area (Å²) in [7, 11) is 0. The zero-order chi connectivity index (χ0) is 35.9. The summed E-state index contributed by atoms with van der Waals surface area (Å²) in [4.78, 5) is 20.0. The van der Waals surface area contributed by atoms with E-state index in [4.69, 9.17) is 28.4 Å². The van der Waals surface area contributed by atoms with E-state index in [1.54, 1.807) is 6.20 Å². The molecule has 52 heavy (non-hydrogen) atoms. The Hall–Kier alpha value is -4.62. The van der Waals surface area contributed by atoms with Gasteiger partial charge in [-0.15, -0.1) is 0 Å². The van der Waals surface area contributed by atoms with Gasteiger partial charge in [0.05, 0.1) is 31.3 Å². The zero-order valence-electron chi connectivity index (χ0n) is 29.8. The summed E-state index contributed by atoms with van der Waals surface area (Å²) >= 11 is 0. The van der Waals surface area contributed by atoms with Crippen molar-refractivity contribution in [1.29, 1.82) is 0 Å². The first kappa shape index (κ1) is 35.8. The number of carbonyl (C=O) groups is 1. The predicted molar refractivity (Wildman–Crippen MR) is 192 cm³/mol. The molecule has 1 amide bonds. The van der Waals surface area contributed by atoms with Gasteiger partial charge in [0.25, 0.3) is 0 Å². The van der Waals surface area contributed by atoms with Crippen LogP contribution in [0.2, 0.25) is 0 Å². The number of rotatable bonds is 16. The second-order valence-electron chi connectivity index (χ2n) is 14.2. The summed E-state index contributed by atoms with van der Waals surface area (Å²) < 4.78 is 36.4. The second-order valence-corrected chi connectivity index (χ2v) is 14.2. The maximum atomic E-state index is 13.3. The predicted octanol–water partition coefficient (Wildman–Crippen LogP) is 5.16. The van der Waals surface area contributed by atoms with E-state index in [9.17, 15) is 9.90 Å². The molecule has 3 aliphatic heterocycles. The third-order valence-electron chi connectivity index (χ3n) is 9.67. The molecule has 7 rings (SSSR count). The number of benzene rings is 3.